The zero-order valence-electron chi connectivity index (χ0n) is 17.6. The van der Waals surface area contributed by atoms with E-state index in [-0.39, 0.29) is 29.3 Å². The predicted octanol–water partition coefficient (Wildman–Crippen LogP) is 1.29. The van der Waals surface area contributed by atoms with Crippen molar-refractivity contribution in [3.05, 3.63) is 44.5 Å². The van der Waals surface area contributed by atoms with Crippen molar-refractivity contribution in [1.82, 2.24) is 24.1 Å². The molecule has 2 aromatic rings. The van der Waals surface area contributed by atoms with Gasteiger partial charge in [0.05, 0.1) is 36.1 Å². The van der Waals surface area contributed by atoms with Gasteiger partial charge in [-0.3, -0.25) is 18.6 Å². The zero-order chi connectivity index (χ0) is 21.7. The van der Waals surface area contributed by atoms with Crippen LogP contribution in [0, 0.1) is 6.92 Å². The third kappa shape index (κ3) is 5.22. The van der Waals surface area contributed by atoms with Crippen molar-refractivity contribution in [2.45, 2.75) is 82.2 Å². The van der Waals surface area contributed by atoms with E-state index in [4.69, 9.17) is 0 Å². The minimum absolute atomic E-state index is 0.0541. The van der Waals surface area contributed by atoms with Gasteiger partial charge in [-0.1, -0.05) is 37.8 Å². The number of hydrogen-bond donors (Lipinski definition) is 2. The second kappa shape index (κ2) is 10.4. The summed E-state index contributed by atoms with van der Waals surface area (Å²) in [5.74, 6) is 0. The Bertz CT molecular complexity index is 953. The average molecular weight is 438 g/mol. The Balaban J connectivity index is 1.75. The Hall–Kier alpha value is -1.91. The van der Waals surface area contributed by atoms with Crippen LogP contribution in [-0.2, 0) is 13.1 Å². The summed E-state index contributed by atoms with van der Waals surface area (Å²) >= 11 is 1.35. The van der Waals surface area contributed by atoms with Gasteiger partial charge in [-0.25, -0.2) is 4.79 Å². The fourth-order valence-corrected chi connectivity index (χ4v) is 5.09. The summed E-state index contributed by atoms with van der Waals surface area (Å²) in [6, 6.07) is 0. The summed E-state index contributed by atoms with van der Waals surface area (Å²) in [5.41, 5.74) is 0.211. The Labute approximate surface area is 179 Å². The summed E-state index contributed by atoms with van der Waals surface area (Å²) in [4.78, 5) is 25.7. The maximum absolute atomic E-state index is 13.0. The van der Waals surface area contributed by atoms with Gasteiger partial charge >= 0.3 is 5.69 Å². The molecule has 0 saturated carbocycles. The molecule has 2 N–H and O–H groups in total. The SMILES string of the molecule is CCCCCCCn1cc(Cn2c(=O)c(C)cn(C3CC(O)C(CO)S3)c2=O)nn1. The number of hydrogen-bond acceptors (Lipinski definition) is 7. The highest BCUT2D eigenvalue weighted by atomic mass is 32.2. The first-order chi connectivity index (χ1) is 14.4. The van der Waals surface area contributed by atoms with Crippen molar-refractivity contribution in [3.8, 4) is 0 Å². The van der Waals surface area contributed by atoms with E-state index < -0.39 is 11.8 Å². The third-order valence-corrected chi connectivity index (χ3v) is 7.00. The second-order valence-electron chi connectivity index (χ2n) is 7.90. The first-order valence-corrected chi connectivity index (χ1v) is 11.5. The van der Waals surface area contributed by atoms with Crippen LogP contribution in [0.3, 0.4) is 0 Å². The number of aliphatic hydroxyl groups is 2. The lowest BCUT2D eigenvalue weighted by atomic mass is 10.1. The topological polar surface area (TPSA) is 115 Å². The molecule has 0 aliphatic carbocycles. The fourth-order valence-electron chi connectivity index (χ4n) is 3.71. The highest BCUT2D eigenvalue weighted by Crippen LogP contribution is 2.40. The van der Waals surface area contributed by atoms with Crippen LogP contribution in [0.2, 0.25) is 0 Å². The molecular formula is C20H31N5O4S. The molecule has 0 spiro atoms. The van der Waals surface area contributed by atoms with Crippen molar-refractivity contribution in [2.24, 2.45) is 0 Å². The summed E-state index contributed by atoms with van der Waals surface area (Å²) in [6.07, 6.45) is 8.80. The number of rotatable bonds is 10. The smallest absolute Gasteiger partial charge is 0.332 e. The number of thioether (sulfide) groups is 1. The van der Waals surface area contributed by atoms with Gasteiger partial charge in [-0.05, 0) is 13.3 Å². The number of aryl methyl sites for hydroxylation is 2. The molecule has 10 heteroatoms. The van der Waals surface area contributed by atoms with Crippen molar-refractivity contribution in [1.29, 1.82) is 0 Å². The molecular weight excluding hydrogens is 406 g/mol. The summed E-state index contributed by atoms with van der Waals surface area (Å²) in [7, 11) is 0. The zero-order valence-corrected chi connectivity index (χ0v) is 18.4. The van der Waals surface area contributed by atoms with Crippen LogP contribution >= 0.6 is 11.8 Å². The minimum atomic E-state index is -0.685. The molecule has 30 heavy (non-hydrogen) atoms. The number of nitrogens with zero attached hydrogens (tertiary/aromatic N) is 5. The van der Waals surface area contributed by atoms with Crippen LogP contribution in [0.1, 0.15) is 62.1 Å². The number of unbranched alkanes of at least 4 members (excludes halogenated alkanes) is 4. The quantitative estimate of drug-likeness (QED) is 0.538. The van der Waals surface area contributed by atoms with Gasteiger partial charge in [-0.2, -0.15) is 0 Å². The molecule has 0 aromatic carbocycles. The van der Waals surface area contributed by atoms with E-state index in [0.29, 0.717) is 17.7 Å². The standard InChI is InChI=1S/C20H31N5O4S/c1-3-4-5-6-7-8-23-11-15(21-22-23)12-25-19(28)14(2)10-24(20(25)29)18-9-16(27)17(13-26)30-18/h10-11,16-18,26-27H,3-9,12-13H2,1-2H3. The average Bonchev–Trinajstić information content (AvgIpc) is 3.33. The molecule has 166 valence electrons. The van der Waals surface area contributed by atoms with Gasteiger partial charge in [0.2, 0.25) is 0 Å². The normalized spacial score (nSPS) is 21.4. The van der Waals surface area contributed by atoms with Gasteiger partial charge in [0.1, 0.15) is 5.69 Å². The highest BCUT2D eigenvalue weighted by molar-refractivity contribution is 8.00. The number of aliphatic hydroxyl groups excluding tert-OH is 2. The lowest BCUT2D eigenvalue weighted by Crippen LogP contribution is -2.41. The molecule has 1 saturated heterocycles. The van der Waals surface area contributed by atoms with Gasteiger partial charge in [-0.15, -0.1) is 16.9 Å². The van der Waals surface area contributed by atoms with Crippen LogP contribution in [0.5, 0.6) is 0 Å². The van der Waals surface area contributed by atoms with E-state index in [1.165, 1.54) is 40.2 Å². The fraction of sp³-hybridized carbons (Fsp3) is 0.700. The van der Waals surface area contributed by atoms with Crippen molar-refractivity contribution in [3.63, 3.8) is 0 Å². The largest absolute Gasteiger partial charge is 0.395 e. The van der Waals surface area contributed by atoms with Crippen LogP contribution < -0.4 is 11.2 Å². The molecule has 1 aliphatic heterocycles. The molecule has 2 aromatic heterocycles. The molecule has 3 unspecified atom stereocenters. The first-order valence-electron chi connectivity index (χ1n) is 10.6. The second-order valence-corrected chi connectivity index (χ2v) is 9.32. The van der Waals surface area contributed by atoms with Gasteiger partial charge < -0.3 is 10.2 Å². The lowest BCUT2D eigenvalue weighted by molar-refractivity contribution is 0.137. The Morgan fingerprint density at radius 3 is 2.67 bits per heavy atom. The van der Waals surface area contributed by atoms with E-state index in [1.807, 2.05) is 0 Å². The van der Waals surface area contributed by atoms with Crippen LogP contribution in [0.25, 0.3) is 0 Å². The molecule has 0 bridgehead atoms. The summed E-state index contributed by atoms with van der Waals surface area (Å²) in [6.45, 7) is 4.52. The first kappa shape index (κ1) is 22.8. The monoisotopic (exact) mass is 437 g/mol. The van der Waals surface area contributed by atoms with Crippen LogP contribution in [0.4, 0.5) is 0 Å². The maximum Gasteiger partial charge on any atom is 0.332 e. The molecule has 1 aliphatic rings. The van der Waals surface area contributed by atoms with E-state index in [2.05, 4.69) is 17.2 Å². The molecule has 3 rings (SSSR count). The van der Waals surface area contributed by atoms with Gasteiger partial charge in [0.25, 0.3) is 5.56 Å². The van der Waals surface area contributed by atoms with Crippen molar-refractivity contribution >= 4 is 11.8 Å². The molecule has 3 atom stereocenters. The molecule has 0 radical (unpaired) electrons. The lowest BCUT2D eigenvalue weighted by Gasteiger charge is -2.16. The van der Waals surface area contributed by atoms with Crippen molar-refractivity contribution in [2.75, 3.05) is 6.61 Å². The molecule has 9 nitrogen and oxygen atoms in total. The highest BCUT2D eigenvalue weighted by Gasteiger charge is 2.35. The molecule has 1 fully saturated rings. The van der Waals surface area contributed by atoms with E-state index in [1.54, 1.807) is 24.0 Å². The van der Waals surface area contributed by atoms with E-state index in [9.17, 15) is 19.8 Å². The summed E-state index contributed by atoms with van der Waals surface area (Å²) < 4.78 is 4.41. The third-order valence-electron chi connectivity index (χ3n) is 5.46. The Morgan fingerprint density at radius 1 is 1.20 bits per heavy atom. The molecule has 0 amide bonds. The van der Waals surface area contributed by atoms with Crippen LogP contribution in [-0.4, -0.2) is 52.3 Å². The predicted molar refractivity (Wildman–Crippen MR) is 116 cm³/mol. The maximum atomic E-state index is 13.0. The summed E-state index contributed by atoms with van der Waals surface area (Å²) in [5, 5.41) is 27.1. The van der Waals surface area contributed by atoms with Crippen LogP contribution in [0.15, 0.2) is 22.0 Å². The Morgan fingerprint density at radius 2 is 1.97 bits per heavy atom. The van der Waals surface area contributed by atoms with E-state index >= 15 is 0 Å². The van der Waals surface area contributed by atoms with Gasteiger partial charge in [0, 0.05) is 24.7 Å². The van der Waals surface area contributed by atoms with Gasteiger partial charge in [0.15, 0.2) is 0 Å². The molecule has 3 heterocycles. The Kier molecular flexibility index (Phi) is 7.90. The van der Waals surface area contributed by atoms with E-state index in [0.717, 1.165) is 19.4 Å². The van der Waals surface area contributed by atoms with Crippen molar-refractivity contribution < 1.29 is 10.2 Å². The minimum Gasteiger partial charge on any atom is -0.395 e. The number of aromatic nitrogens is 5.